The Bertz CT molecular complexity index is 1790. The number of aromatic nitrogens is 4. The SMILES string of the molecule is C1=NCc2ccc3ccc4ccc(nc4c3n2)CNCCNCc2ccc3ccc4ccc(nc4c3n2)CN=C1. The van der Waals surface area contributed by atoms with E-state index < -0.39 is 0 Å². The van der Waals surface area contributed by atoms with Crippen molar-refractivity contribution >= 4 is 56.0 Å². The molecule has 5 heterocycles. The lowest BCUT2D eigenvalue weighted by Crippen LogP contribution is -2.27. The standard InChI is InChI=1S/C32H28N8/c1-2-22-6-10-26-18-34-15-16-36-20-28-12-8-24-4-3-23-7-11-27(39-31(23)32(24)40-28)19-35-14-13-33-17-25-9-5-21(1)29(37-25)30(22)38-26/h1-14,34,36H,15-20H2. The molecule has 0 saturated carbocycles. The van der Waals surface area contributed by atoms with Crippen molar-refractivity contribution in [2.75, 3.05) is 13.1 Å². The Balaban J connectivity index is 1.21. The Morgan fingerprint density at radius 3 is 1.12 bits per heavy atom. The first-order chi connectivity index (χ1) is 19.8. The third-order valence-electron chi connectivity index (χ3n) is 7.14. The van der Waals surface area contributed by atoms with Crippen molar-refractivity contribution in [3.8, 4) is 0 Å². The largest absolute Gasteiger partial charge is 0.310 e. The van der Waals surface area contributed by atoms with Gasteiger partial charge in [0.2, 0.25) is 0 Å². The highest BCUT2D eigenvalue weighted by molar-refractivity contribution is 6.16. The van der Waals surface area contributed by atoms with E-state index in [4.69, 9.17) is 19.9 Å². The Morgan fingerprint density at radius 2 is 0.725 bits per heavy atom. The van der Waals surface area contributed by atoms with Crippen molar-refractivity contribution in [1.29, 1.82) is 0 Å². The number of benzene rings is 2. The van der Waals surface area contributed by atoms with Gasteiger partial charge in [0, 0.05) is 60.2 Å². The van der Waals surface area contributed by atoms with Crippen molar-refractivity contribution in [2.24, 2.45) is 9.98 Å². The van der Waals surface area contributed by atoms with Crippen LogP contribution < -0.4 is 10.6 Å². The summed E-state index contributed by atoms with van der Waals surface area (Å²) in [6.07, 6.45) is 3.46. The van der Waals surface area contributed by atoms with Crippen LogP contribution in [0.3, 0.4) is 0 Å². The fraction of sp³-hybridized carbons (Fsp3) is 0.188. The summed E-state index contributed by atoms with van der Waals surface area (Å²) in [5.41, 5.74) is 7.42. The first-order valence-electron chi connectivity index (χ1n) is 13.6. The summed E-state index contributed by atoms with van der Waals surface area (Å²) in [6.45, 7) is 3.95. The molecule has 0 unspecified atom stereocenters. The molecule has 0 fully saturated rings. The lowest BCUT2D eigenvalue weighted by Gasteiger charge is -2.10. The number of nitrogens with one attached hydrogen (secondary N) is 2. The maximum Gasteiger partial charge on any atom is 0.0968 e. The molecular formula is C32H28N8. The zero-order valence-corrected chi connectivity index (χ0v) is 22.0. The van der Waals surface area contributed by atoms with Gasteiger partial charge < -0.3 is 10.6 Å². The Kier molecular flexibility index (Phi) is 6.61. The Morgan fingerprint density at radius 1 is 0.400 bits per heavy atom. The molecule has 0 radical (unpaired) electrons. The molecule has 4 aromatic heterocycles. The second-order valence-corrected chi connectivity index (χ2v) is 9.96. The van der Waals surface area contributed by atoms with Gasteiger partial charge in [0.1, 0.15) is 0 Å². The van der Waals surface area contributed by atoms with Gasteiger partial charge in [-0.05, 0) is 24.3 Å². The molecule has 8 bridgehead atoms. The van der Waals surface area contributed by atoms with E-state index in [9.17, 15) is 0 Å². The third kappa shape index (κ3) is 5.02. The van der Waals surface area contributed by atoms with Crippen LogP contribution in [0, 0.1) is 0 Å². The van der Waals surface area contributed by atoms with Gasteiger partial charge in [-0.15, -0.1) is 0 Å². The molecule has 2 aromatic carbocycles. The maximum atomic E-state index is 4.96. The number of pyridine rings is 4. The van der Waals surface area contributed by atoms with Gasteiger partial charge >= 0.3 is 0 Å². The molecule has 40 heavy (non-hydrogen) atoms. The van der Waals surface area contributed by atoms with Crippen LogP contribution >= 0.6 is 0 Å². The highest BCUT2D eigenvalue weighted by atomic mass is 15.0. The minimum atomic E-state index is 0.473. The van der Waals surface area contributed by atoms with E-state index in [0.717, 1.165) is 79.5 Å². The van der Waals surface area contributed by atoms with Gasteiger partial charge in [0.05, 0.1) is 57.9 Å². The maximum absolute atomic E-state index is 4.96. The molecule has 0 spiro atoms. The minimum absolute atomic E-state index is 0.473. The van der Waals surface area contributed by atoms with Gasteiger partial charge in [-0.3, -0.25) is 9.98 Å². The van der Waals surface area contributed by atoms with Crippen LogP contribution in [-0.2, 0) is 26.2 Å². The molecule has 7 rings (SSSR count). The molecule has 1 aliphatic heterocycles. The second-order valence-electron chi connectivity index (χ2n) is 9.96. The molecule has 196 valence electrons. The molecule has 8 heteroatoms. The molecule has 0 saturated heterocycles. The van der Waals surface area contributed by atoms with E-state index >= 15 is 0 Å². The van der Waals surface area contributed by atoms with Gasteiger partial charge in [-0.2, -0.15) is 0 Å². The third-order valence-corrected chi connectivity index (χ3v) is 7.14. The number of aliphatic imine (C=N–C) groups is 2. The lowest BCUT2D eigenvalue weighted by atomic mass is 10.1. The normalized spacial score (nSPS) is 15.0. The number of hydrogen-bond acceptors (Lipinski definition) is 8. The van der Waals surface area contributed by atoms with Crippen LogP contribution in [-0.4, -0.2) is 45.5 Å². The number of hydrogen-bond donors (Lipinski definition) is 2. The highest BCUT2D eigenvalue weighted by Gasteiger charge is 2.08. The average Bonchev–Trinajstić information content (AvgIpc) is 3.00. The van der Waals surface area contributed by atoms with E-state index in [1.54, 1.807) is 12.4 Å². The summed E-state index contributed by atoms with van der Waals surface area (Å²) in [4.78, 5) is 28.8. The molecule has 2 N–H and O–H groups in total. The first-order valence-corrected chi connectivity index (χ1v) is 13.6. The molecule has 0 aliphatic carbocycles. The Hall–Kier alpha value is -4.66. The highest BCUT2D eigenvalue weighted by Crippen LogP contribution is 2.24. The average molecular weight is 525 g/mol. The smallest absolute Gasteiger partial charge is 0.0968 e. The molecule has 1 aliphatic rings. The quantitative estimate of drug-likeness (QED) is 0.274. The van der Waals surface area contributed by atoms with E-state index in [0.29, 0.717) is 26.2 Å². The number of nitrogens with zero attached hydrogens (tertiary/aromatic N) is 6. The molecule has 0 atom stereocenters. The zero-order chi connectivity index (χ0) is 26.7. The molecular weight excluding hydrogens is 496 g/mol. The lowest BCUT2D eigenvalue weighted by molar-refractivity contribution is 0.603. The van der Waals surface area contributed by atoms with Crippen LogP contribution in [0.5, 0.6) is 0 Å². The van der Waals surface area contributed by atoms with Crippen LogP contribution in [0.25, 0.3) is 43.6 Å². The summed E-state index contributed by atoms with van der Waals surface area (Å²) in [5.74, 6) is 0. The van der Waals surface area contributed by atoms with Gasteiger partial charge in [-0.1, -0.05) is 48.5 Å². The summed E-state index contributed by atoms with van der Waals surface area (Å²) < 4.78 is 0. The van der Waals surface area contributed by atoms with Crippen LogP contribution in [0.2, 0.25) is 0 Å². The van der Waals surface area contributed by atoms with Crippen molar-refractivity contribution in [1.82, 2.24) is 30.6 Å². The fourth-order valence-electron chi connectivity index (χ4n) is 5.07. The van der Waals surface area contributed by atoms with E-state index in [-0.39, 0.29) is 0 Å². The van der Waals surface area contributed by atoms with E-state index in [1.807, 2.05) is 12.1 Å². The van der Waals surface area contributed by atoms with Crippen molar-refractivity contribution < 1.29 is 0 Å². The zero-order valence-electron chi connectivity index (χ0n) is 22.0. The topological polar surface area (TPSA) is 100 Å². The van der Waals surface area contributed by atoms with Gasteiger partial charge in [0.25, 0.3) is 0 Å². The van der Waals surface area contributed by atoms with Gasteiger partial charge in [0.15, 0.2) is 0 Å². The van der Waals surface area contributed by atoms with E-state index in [2.05, 4.69) is 81.3 Å². The predicted octanol–water partition coefficient (Wildman–Crippen LogP) is 4.91. The first kappa shape index (κ1) is 24.4. The van der Waals surface area contributed by atoms with Crippen molar-refractivity contribution in [2.45, 2.75) is 26.2 Å². The molecule has 6 aromatic rings. The summed E-state index contributed by atoms with van der Waals surface area (Å²) in [6, 6.07) is 25.0. The van der Waals surface area contributed by atoms with Crippen molar-refractivity contribution in [3.05, 3.63) is 95.6 Å². The Labute approximate surface area is 231 Å². The van der Waals surface area contributed by atoms with Crippen LogP contribution in [0.15, 0.2) is 82.8 Å². The number of fused-ring (bicyclic) bond motifs is 4. The fourth-order valence-corrected chi connectivity index (χ4v) is 5.07. The van der Waals surface area contributed by atoms with Crippen LogP contribution in [0.4, 0.5) is 0 Å². The molecule has 8 nitrogen and oxygen atoms in total. The number of rotatable bonds is 0. The summed E-state index contributed by atoms with van der Waals surface area (Å²) in [7, 11) is 0. The minimum Gasteiger partial charge on any atom is -0.310 e. The summed E-state index contributed by atoms with van der Waals surface area (Å²) in [5, 5.41) is 11.3. The van der Waals surface area contributed by atoms with E-state index in [1.165, 1.54) is 0 Å². The predicted molar refractivity (Wildman–Crippen MR) is 162 cm³/mol. The molecule has 0 amide bonds. The van der Waals surface area contributed by atoms with Gasteiger partial charge in [-0.25, -0.2) is 19.9 Å². The van der Waals surface area contributed by atoms with Crippen molar-refractivity contribution in [3.63, 3.8) is 0 Å². The van der Waals surface area contributed by atoms with Crippen LogP contribution in [0.1, 0.15) is 22.8 Å². The summed E-state index contributed by atoms with van der Waals surface area (Å²) >= 11 is 0. The second kappa shape index (κ2) is 10.8. The monoisotopic (exact) mass is 524 g/mol.